The Hall–Kier alpha value is -1.14. The number of carboxylic acid groups (broad SMARTS) is 1. The number of carboxylic acids is 1. The van der Waals surface area contributed by atoms with E-state index >= 15 is 0 Å². The summed E-state index contributed by atoms with van der Waals surface area (Å²) in [5.41, 5.74) is 0.582. The maximum atomic E-state index is 11.0. The summed E-state index contributed by atoms with van der Waals surface area (Å²) >= 11 is 1.22. The summed E-state index contributed by atoms with van der Waals surface area (Å²) in [6.07, 6.45) is 3.65. The van der Waals surface area contributed by atoms with E-state index in [2.05, 4.69) is 4.98 Å². The second-order valence-electron chi connectivity index (χ2n) is 4.59. The molecule has 2 rings (SSSR count). The number of hydrogen-bond acceptors (Lipinski definition) is 5. The highest BCUT2D eigenvalue weighted by Gasteiger charge is 2.20. The van der Waals surface area contributed by atoms with Gasteiger partial charge in [-0.05, 0) is 26.2 Å². The zero-order valence-corrected chi connectivity index (χ0v) is 11.5. The summed E-state index contributed by atoms with van der Waals surface area (Å²) in [5.74, 6) is -0.904. The van der Waals surface area contributed by atoms with Crippen LogP contribution in [0.15, 0.2) is 0 Å². The van der Waals surface area contributed by atoms with Crippen molar-refractivity contribution in [3.63, 3.8) is 0 Å². The van der Waals surface area contributed by atoms with Crippen LogP contribution in [0.5, 0.6) is 0 Å². The maximum absolute atomic E-state index is 11.0. The minimum atomic E-state index is -0.904. The highest BCUT2D eigenvalue weighted by molar-refractivity contribution is 7.17. The standard InChI is InChI=1S/C12H18N2O3S/c1-8-10(11(15)16)18-12(13-8)14(2)7-9-5-3-4-6-17-9/h9H,3-7H2,1-2H3,(H,15,16). The van der Waals surface area contributed by atoms with Gasteiger partial charge in [-0.15, -0.1) is 0 Å². The molecule has 1 unspecified atom stereocenters. The van der Waals surface area contributed by atoms with E-state index in [9.17, 15) is 4.79 Å². The van der Waals surface area contributed by atoms with Gasteiger partial charge in [0.05, 0.1) is 11.8 Å². The van der Waals surface area contributed by atoms with Gasteiger partial charge in [0.1, 0.15) is 4.88 Å². The molecule has 1 aliphatic heterocycles. The van der Waals surface area contributed by atoms with Crippen molar-refractivity contribution in [2.24, 2.45) is 0 Å². The largest absolute Gasteiger partial charge is 0.477 e. The number of aryl methyl sites for hydroxylation is 1. The van der Waals surface area contributed by atoms with Gasteiger partial charge in [-0.1, -0.05) is 11.3 Å². The van der Waals surface area contributed by atoms with Gasteiger partial charge in [-0.3, -0.25) is 0 Å². The number of aromatic carboxylic acids is 1. The molecule has 1 aromatic heterocycles. The number of anilines is 1. The first-order chi connectivity index (χ1) is 8.58. The lowest BCUT2D eigenvalue weighted by Crippen LogP contribution is -2.33. The van der Waals surface area contributed by atoms with Crippen LogP contribution in [0.1, 0.15) is 34.6 Å². The zero-order chi connectivity index (χ0) is 13.1. The first kappa shape index (κ1) is 13.3. The summed E-state index contributed by atoms with van der Waals surface area (Å²) in [7, 11) is 1.93. The average molecular weight is 270 g/mol. The SMILES string of the molecule is Cc1nc(N(C)CC2CCCCO2)sc1C(=O)O. The lowest BCUT2D eigenvalue weighted by Gasteiger charge is -2.27. The lowest BCUT2D eigenvalue weighted by molar-refractivity contribution is 0.0216. The lowest BCUT2D eigenvalue weighted by atomic mass is 10.1. The molecule has 1 N–H and O–H groups in total. The number of hydrogen-bond donors (Lipinski definition) is 1. The van der Waals surface area contributed by atoms with E-state index in [1.54, 1.807) is 6.92 Å². The van der Waals surface area contributed by atoms with Crippen LogP contribution in [0.2, 0.25) is 0 Å². The van der Waals surface area contributed by atoms with Crippen molar-refractivity contribution >= 4 is 22.4 Å². The molecule has 5 nitrogen and oxygen atoms in total. The Bertz CT molecular complexity index is 427. The van der Waals surface area contributed by atoms with E-state index in [4.69, 9.17) is 9.84 Å². The Morgan fingerprint density at radius 1 is 1.61 bits per heavy atom. The number of likely N-dealkylation sites (N-methyl/N-ethyl adjacent to an activating group) is 1. The van der Waals surface area contributed by atoms with Gasteiger partial charge >= 0.3 is 5.97 Å². The second kappa shape index (κ2) is 5.67. The molecular weight excluding hydrogens is 252 g/mol. The Labute approximate surface area is 110 Å². The van der Waals surface area contributed by atoms with E-state index in [0.717, 1.165) is 31.1 Å². The van der Waals surface area contributed by atoms with Crippen molar-refractivity contribution < 1.29 is 14.6 Å². The molecule has 2 heterocycles. The molecule has 1 saturated heterocycles. The summed E-state index contributed by atoms with van der Waals surface area (Å²) in [5, 5.41) is 9.76. The number of aromatic nitrogens is 1. The Kier molecular flexibility index (Phi) is 4.19. The molecule has 0 aromatic carbocycles. The molecule has 1 fully saturated rings. The number of nitrogens with zero attached hydrogens (tertiary/aromatic N) is 2. The van der Waals surface area contributed by atoms with Gasteiger partial charge in [0.15, 0.2) is 5.13 Å². The van der Waals surface area contributed by atoms with Gasteiger partial charge in [0, 0.05) is 20.2 Å². The fourth-order valence-corrected chi connectivity index (χ4v) is 2.96. The van der Waals surface area contributed by atoms with Crippen LogP contribution >= 0.6 is 11.3 Å². The van der Waals surface area contributed by atoms with Gasteiger partial charge in [0.2, 0.25) is 0 Å². The predicted molar refractivity (Wildman–Crippen MR) is 70.7 cm³/mol. The molecule has 1 aromatic rings. The van der Waals surface area contributed by atoms with Crippen LogP contribution in [-0.4, -0.2) is 42.4 Å². The van der Waals surface area contributed by atoms with E-state index < -0.39 is 5.97 Å². The van der Waals surface area contributed by atoms with Crippen molar-refractivity contribution in [3.8, 4) is 0 Å². The molecule has 0 amide bonds. The Morgan fingerprint density at radius 2 is 2.39 bits per heavy atom. The molecule has 1 atom stereocenters. The number of ether oxygens (including phenoxy) is 1. The highest BCUT2D eigenvalue weighted by Crippen LogP contribution is 2.26. The monoisotopic (exact) mass is 270 g/mol. The second-order valence-corrected chi connectivity index (χ2v) is 5.56. The van der Waals surface area contributed by atoms with E-state index in [1.807, 2.05) is 11.9 Å². The van der Waals surface area contributed by atoms with Crippen LogP contribution < -0.4 is 4.90 Å². The van der Waals surface area contributed by atoms with Crippen molar-refractivity contribution in [1.29, 1.82) is 0 Å². The summed E-state index contributed by atoms with van der Waals surface area (Å²) in [6, 6.07) is 0. The molecule has 6 heteroatoms. The van der Waals surface area contributed by atoms with Crippen LogP contribution in [0.4, 0.5) is 5.13 Å². The Balaban J connectivity index is 2.01. The van der Waals surface area contributed by atoms with Crippen LogP contribution in [0.25, 0.3) is 0 Å². The zero-order valence-electron chi connectivity index (χ0n) is 10.7. The molecule has 0 spiro atoms. The molecule has 0 radical (unpaired) electrons. The normalized spacial score (nSPS) is 19.8. The minimum absolute atomic E-state index is 0.237. The van der Waals surface area contributed by atoms with E-state index in [0.29, 0.717) is 10.6 Å². The van der Waals surface area contributed by atoms with E-state index in [-0.39, 0.29) is 6.10 Å². The van der Waals surface area contributed by atoms with Gasteiger partial charge in [-0.2, -0.15) is 0 Å². The quantitative estimate of drug-likeness (QED) is 0.908. The molecule has 18 heavy (non-hydrogen) atoms. The Morgan fingerprint density at radius 3 is 2.94 bits per heavy atom. The first-order valence-corrected chi connectivity index (χ1v) is 6.93. The number of rotatable bonds is 4. The third kappa shape index (κ3) is 3.00. The average Bonchev–Trinajstić information content (AvgIpc) is 2.73. The highest BCUT2D eigenvalue weighted by atomic mass is 32.1. The summed E-state index contributed by atoms with van der Waals surface area (Å²) < 4.78 is 5.67. The first-order valence-electron chi connectivity index (χ1n) is 6.11. The fraction of sp³-hybridized carbons (Fsp3) is 0.667. The maximum Gasteiger partial charge on any atom is 0.347 e. The summed E-state index contributed by atoms with van der Waals surface area (Å²) in [6.45, 7) is 3.33. The van der Waals surface area contributed by atoms with Crippen molar-refractivity contribution in [2.75, 3.05) is 25.1 Å². The smallest absolute Gasteiger partial charge is 0.347 e. The fourth-order valence-electron chi connectivity index (χ4n) is 2.08. The molecule has 100 valence electrons. The van der Waals surface area contributed by atoms with Crippen LogP contribution in [0.3, 0.4) is 0 Å². The third-order valence-corrected chi connectivity index (χ3v) is 4.32. The van der Waals surface area contributed by atoms with Gasteiger partial charge < -0.3 is 14.7 Å². The van der Waals surface area contributed by atoms with Crippen LogP contribution in [-0.2, 0) is 4.74 Å². The van der Waals surface area contributed by atoms with Gasteiger partial charge in [-0.25, -0.2) is 9.78 Å². The van der Waals surface area contributed by atoms with Crippen molar-refractivity contribution in [2.45, 2.75) is 32.3 Å². The predicted octanol–water partition coefficient (Wildman–Crippen LogP) is 2.16. The van der Waals surface area contributed by atoms with E-state index in [1.165, 1.54) is 17.8 Å². The molecular formula is C12H18N2O3S. The summed E-state index contributed by atoms with van der Waals surface area (Å²) in [4.78, 5) is 17.6. The molecule has 1 aliphatic rings. The molecule has 0 bridgehead atoms. The van der Waals surface area contributed by atoms with Gasteiger partial charge in [0.25, 0.3) is 0 Å². The topological polar surface area (TPSA) is 62.7 Å². The third-order valence-electron chi connectivity index (χ3n) is 3.06. The van der Waals surface area contributed by atoms with Crippen LogP contribution in [0, 0.1) is 6.92 Å². The number of carbonyl (C=O) groups is 1. The van der Waals surface area contributed by atoms with Crippen molar-refractivity contribution in [3.05, 3.63) is 10.6 Å². The van der Waals surface area contributed by atoms with Crippen molar-refractivity contribution in [1.82, 2.24) is 4.98 Å². The molecule has 0 saturated carbocycles. The number of thiazole rings is 1. The minimum Gasteiger partial charge on any atom is -0.477 e. The molecule has 0 aliphatic carbocycles.